The van der Waals surface area contributed by atoms with Gasteiger partial charge in [0.15, 0.2) is 11.5 Å². The van der Waals surface area contributed by atoms with Gasteiger partial charge in [-0.1, -0.05) is 29.8 Å². The predicted molar refractivity (Wildman–Crippen MR) is 126 cm³/mol. The van der Waals surface area contributed by atoms with Gasteiger partial charge in [-0.15, -0.1) is 0 Å². The lowest BCUT2D eigenvalue weighted by Crippen LogP contribution is -2.27. The number of carbonyl (C=O) groups excluding carboxylic acids is 1. The molecule has 1 aliphatic rings. The highest BCUT2D eigenvalue weighted by atomic mass is 32.2. The Morgan fingerprint density at radius 2 is 1.61 bits per heavy atom. The monoisotopic (exact) mass is 466 g/mol. The van der Waals surface area contributed by atoms with E-state index in [1.807, 2.05) is 32.0 Å². The number of nitrogens with one attached hydrogen (secondary N) is 2. The first-order chi connectivity index (χ1) is 15.7. The number of anilines is 1. The summed E-state index contributed by atoms with van der Waals surface area (Å²) in [5.74, 6) is 1.03. The minimum atomic E-state index is -3.78. The van der Waals surface area contributed by atoms with Crippen molar-refractivity contribution in [3.8, 4) is 11.5 Å². The van der Waals surface area contributed by atoms with E-state index in [9.17, 15) is 13.2 Å². The van der Waals surface area contributed by atoms with Crippen LogP contribution >= 0.6 is 0 Å². The molecule has 0 radical (unpaired) electrons. The van der Waals surface area contributed by atoms with Crippen molar-refractivity contribution in [2.75, 3.05) is 17.9 Å². The molecular weight excluding hydrogens is 440 g/mol. The van der Waals surface area contributed by atoms with Crippen LogP contribution < -0.4 is 19.5 Å². The molecule has 0 unspecified atom stereocenters. The van der Waals surface area contributed by atoms with Crippen molar-refractivity contribution in [2.24, 2.45) is 0 Å². The Bertz CT molecular complexity index is 1290. The third-order valence-corrected chi connectivity index (χ3v) is 6.87. The maximum atomic E-state index is 12.9. The molecule has 0 fully saturated rings. The Kier molecular flexibility index (Phi) is 6.29. The lowest BCUT2D eigenvalue weighted by Gasteiger charge is -2.21. The molecule has 0 saturated carbocycles. The molecule has 1 amide bonds. The normalized spacial score (nSPS) is 13.8. The highest BCUT2D eigenvalue weighted by Gasteiger charge is 2.19. The summed E-state index contributed by atoms with van der Waals surface area (Å²) in [6.45, 7) is 6.55. The Morgan fingerprint density at radius 1 is 0.909 bits per heavy atom. The van der Waals surface area contributed by atoms with E-state index in [1.165, 1.54) is 0 Å². The SMILES string of the molecule is Cc1ccc(S(=O)(=O)Nc2cc(C(=O)N[C@H](C)c3ccc4c(c3)OCCO4)ccc2C)cc1. The quantitative estimate of drug-likeness (QED) is 0.563. The number of rotatable bonds is 6. The molecule has 0 spiro atoms. The molecule has 2 N–H and O–H groups in total. The highest BCUT2D eigenvalue weighted by molar-refractivity contribution is 7.92. The van der Waals surface area contributed by atoms with Crippen LogP contribution in [-0.4, -0.2) is 27.5 Å². The first-order valence-corrected chi connectivity index (χ1v) is 12.1. The largest absolute Gasteiger partial charge is 0.486 e. The van der Waals surface area contributed by atoms with Crippen LogP contribution in [0.2, 0.25) is 0 Å². The molecule has 0 aliphatic carbocycles. The van der Waals surface area contributed by atoms with Crippen LogP contribution in [0.1, 0.15) is 40.0 Å². The number of benzene rings is 3. The van der Waals surface area contributed by atoms with Crippen LogP contribution in [0.4, 0.5) is 5.69 Å². The second-order valence-corrected chi connectivity index (χ2v) is 9.73. The fourth-order valence-corrected chi connectivity index (χ4v) is 4.61. The number of ether oxygens (including phenoxy) is 2. The van der Waals surface area contributed by atoms with Gasteiger partial charge in [0.05, 0.1) is 16.6 Å². The standard InChI is InChI=1S/C25H26N2O5S/c1-16-4-9-21(10-5-16)33(29,30)27-22-14-20(7-6-17(22)2)25(28)26-18(3)19-8-11-23-24(15-19)32-13-12-31-23/h4-11,14-15,18,27H,12-13H2,1-3H3,(H,26,28)/t18-/m1/s1. The van der Waals surface area contributed by atoms with Crippen molar-refractivity contribution in [3.63, 3.8) is 0 Å². The third kappa shape index (κ3) is 5.12. The second-order valence-electron chi connectivity index (χ2n) is 8.05. The van der Waals surface area contributed by atoms with Crippen molar-refractivity contribution in [3.05, 3.63) is 82.9 Å². The Morgan fingerprint density at radius 3 is 2.33 bits per heavy atom. The zero-order valence-corrected chi connectivity index (χ0v) is 19.5. The zero-order chi connectivity index (χ0) is 23.6. The summed E-state index contributed by atoms with van der Waals surface area (Å²) in [7, 11) is -3.78. The van der Waals surface area contributed by atoms with E-state index in [0.29, 0.717) is 41.5 Å². The zero-order valence-electron chi connectivity index (χ0n) is 18.7. The van der Waals surface area contributed by atoms with Gasteiger partial charge >= 0.3 is 0 Å². The van der Waals surface area contributed by atoms with Crippen molar-refractivity contribution in [2.45, 2.75) is 31.7 Å². The molecular formula is C25H26N2O5S. The molecule has 3 aromatic rings. The summed E-state index contributed by atoms with van der Waals surface area (Å²) < 4.78 is 39.3. The topological polar surface area (TPSA) is 93.7 Å². The van der Waals surface area contributed by atoms with Crippen LogP contribution in [0.25, 0.3) is 0 Å². The van der Waals surface area contributed by atoms with Crippen LogP contribution in [0, 0.1) is 13.8 Å². The fourth-order valence-electron chi connectivity index (χ4n) is 3.49. The van der Waals surface area contributed by atoms with E-state index in [0.717, 1.165) is 11.1 Å². The summed E-state index contributed by atoms with van der Waals surface area (Å²) in [6, 6.07) is 16.8. The maximum absolute atomic E-state index is 12.9. The second kappa shape index (κ2) is 9.15. The lowest BCUT2D eigenvalue weighted by atomic mass is 10.1. The minimum Gasteiger partial charge on any atom is -0.486 e. The van der Waals surface area contributed by atoms with E-state index in [4.69, 9.17) is 9.47 Å². The molecule has 0 saturated heterocycles. The van der Waals surface area contributed by atoms with Crippen LogP contribution in [0.5, 0.6) is 11.5 Å². The van der Waals surface area contributed by atoms with E-state index in [1.54, 1.807) is 49.4 Å². The Labute approximate surface area is 193 Å². The van der Waals surface area contributed by atoms with Gasteiger partial charge in [-0.25, -0.2) is 8.42 Å². The number of aryl methyl sites for hydroxylation is 2. The first kappa shape index (κ1) is 22.7. The van der Waals surface area contributed by atoms with Gasteiger partial charge in [0.1, 0.15) is 13.2 Å². The third-order valence-electron chi connectivity index (χ3n) is 5.49. The molecule has 33 heavy (non-hydrogen) atoms. The minimum absolute atomic E-state index is 0.162. The number of hydrogen-bond acceptors (Lipinski definition) is 5. The highest BCUT2D eigenvalue weighted by Crippen LogP contribution is 2.32. The van der Waals surface area contributed by atoms with Gasteiger partial charge in [0.25, 0.3) is 15.9 Å². The summed E-state index contributed by atoms with van der Waals surface area (Å²) in [4.78, 5) is 13.1. The molecule has 1 heterocycles. The van der Waals surface area contributed by atoms with E-state index in [2.05, 4.69) is 10.0 Å². The lowest BCUT2D eigenvalue weighted by molar-refractivity contribution is 0.0939. The van der Waals surface area contributed by atoms with Crippen molar-refractivity contribution < 1.29 is 22.7 Å². The Balaban J connectivity index is 1.51. The van der Waals surface area contributed by atoms with Gasteiger partial charge in [-0.2, -0.15) is 0 Å². The maximum Gasteiger partial charge on any atom is 0.261 e. The van der Waals surface area contributed by atoms with Crippen molar-refractivity contribution >= 4 is 21.6 Å². The smallest absolute Gasteiger partial charge is 0.261 e. The number of hydrogen-bond donors (Lipinski definition) is 2. The van der Waals surface area contributed by atoms with Gasteiger partial charge in [0.2, 0.25) is 0 Å². The number of sulfonamides is 1. The van der Waals surface area contributed by atoms with Crippen molar-refractivity contribution in [1.29, 1.82) is 0 Å². The molecule has 8 heteroatoms. The average molecular weight is 467 g/mol. The molecule has 3 aromatic carbocycles. The summed E-state index contributed by atoms with van der Waals surface area (Å²) in [6.07, 6.45) is 0. The van der Waals surface area contributed by atoms with Crippen molar-refractivity contribution in [1.82, 2.24) is 5.32 Å². The number of carbonyl (C=O) groups is 1. The van der Waals surface area contributed by atoms with Gasteiger partial charge in [-0.3, -0.25) is 9.52 Å². The molecule has 4 rings (SSSR count). The Hall–Kier alpha value is -3.52. The molecule has 172 valence electrons. The summed E-state index contributed by atoms with van der Waals surface area (Å²) in [5.41, 5.74) is 3.26. The van der Waals surface area contributed by atoms with Crippen LogP contribution in [0.15, 0.2) is 65.6 Å². The van der Waals surface area contributed by atoms with Gasteiger partial charge in [-0.05, 0) is 68.3 Å². The van der Waals surface area contributed by atoms with E-state index in [-0.39, 0.29) is 16.8 Å². The predicted octanol–water partition coefficient (Wildman–Crippen LogP) is 4.37. The number of fused-ring (bicyclic) bond motifs is 1. The summed E-state index contributed by atoms with van der Waals surface area (Å²) in [5, 5.41) is 2.95. The van der Waals surface area contributed by atoms with Gasteiger partial charge in [0, 0.05) is 5.56 Å². The fraction of sp³-hybridized carbons (Fsp3) is 0.240. The van der Waals surface area contributed by atoms with E-state index < -0.39 is 10.0 Å². The van der Waals surface area contributed by atoms with Crippen LogP contribution in [0.3, 0.4) is 0 Å². The van der Waals surface area contributed by atoms with Crippen LogP contribution in [-0.2, 0) is 10.0 Å². The molecule has 1 atom stereocenters. The first-order valence-electron chi connectivity index (χ1n) is 10.6. The van der Waals surface area contributed by atoms with E-state index >= 15 is 0 Å². The molecule has 0 aromatic heterocycles. The summed E-state index contributed by atoms with van der Waals surface area (Å²) >= 11 is 0. The van der Waals surface area contributed by atoms with Gasteiger partial charge < -0.3 is 14.8 Å². The molecule has 7 nitrogen and oxygen atoms in total. The molecule has 0 bridgehead atoms. The average Bonchev–Trinajstić information content (AvgIpc) is 2.80. The molecule has 1 aliphatic heterocycles. The number of amides is 1.